The van der Waals surface area contributed by atoms with Crippen molar-refractivity contribution in [3.8, 4) is 0 Å². The number of carbonyl (C=O) groups excluding carboxylic acids is 2. The second kappa shape index (κ2) is 15.8. The second-order valence-corrected chi connectivity index (χ2v) is 12.0. The molecule has 248 valence electrons. The van der Waals surface area contributed by atoms with Crippen molar-refractivity contribution in [2.24, 2.45) is 5.14 Å². The molecule has 0 aliphatic carbocycles. The Hall–Kier alpha value is -5.64. The van der Waals surface area contributed by atoms with E-state index < -0.39 is 10.0 Å². The van der Waals surface area contributed by atoms with Gasteiger partial charge in [0.25, 0.3) is 0 Å². The molecular weight excluding hydrogens is 656 g/mol. The van der Waals surface area contributed by atoms with Crippen LogP contribution in [0.4, 0.5) is 46.0 Å². The van der Waals surface area contributed by atoms with Gasteiger partial charge in [0.1, 0.15) is 16.5 Å². The zero-order chi connectivity index (χ0) is 34.8. The smallest absolute Gasteiger partial charge is 0.240 e. The van der Waals surface area contributed by atoms with Crippen LogP contribution in [0.5, 0.6) is 0 Å². The van der Waals surface area contributed by atoms with Gasteiger partial charge >= 0.3 is 0 Å². The van der Waals surface area contributed by atoms with E-state index in [0.29, 0.717) is 17.3 Å². The van der Waals surface area contributed by atoms with Crippen LogP contribution in [-0.2, 0) is 19.6 Å². The standard InChI is InChI=1S/C19H20N6O3S.C13H13ClN4O/c1-13(26)22-14-7-9-15(10-8-14)25(2)18-11-12-21-19(24-18)23-16-5-3-4-6-17(16)29(20,27)28;1-9(19)16-10-3-5-11(6-4-10)18(2)12-7-8-15-13(14)17-12/h3-12H,1-2H3,(H,22,26)(H2,20,27,28)(H,21,23,24);3-8H,1-2H3,(H,16,19). The molecule has 2 amide bonds. The van der Waals surface area contributed by atoms with Crippen LogP contribution in [0, 0.1) is 0 Å². The highest BCUT2D eigenvalue weighted by atomic mass is 35.5. The number of rotatable bonds is 9. The van der Waals surface area contributed by atoms with Gasteiger partial charge in [-0.3, -0.25) is 9.59 Å². The predicted octanol–water partition coefficient (Wildman–Crippen LogP) is 5.45. The summed E-state index contributed by atoms with van der Waals surface area (Å²) in [5.41, 5.74) is 3.51. The van der Waals surface area contributed by atoms with Crippen molar-refractivity contribution < 1.29 is 18.0 Å². The second-order valence-electron chi connectivity index (χ2n) is 10.2. The topological polar surface area (TPSA) is 188 Å². The average molecular weight is 689 g/mol. The Labute approximate surface area is 283 Å². The molecule has 0 radical (unpaired) electrons. The third-order valence-electron chi connectivity index (χ3n) is 6.53. The van der Waals surface area contributed by atoms with Crippen molar-refractivity contribution in [1.29, 1.82) is 0 Å². The Balaban J connectivity index is 0.000000237. The molecule has 0 aliphatic heterocycles. The maximum absolute atomic E-state index is 11.8. The molecule has 5 N–H and O–H groups in total. The van der Waals surface area contributed by atoms with Crippen LogP contribution in [0.15, 0.2) is 102 Å². The number of benzene rings is 3. The fourth-order valence-electron chi connectivity index (χ4n) is 4.26. The SMILES string of the molecule is CC(=O)Nc1ccc(N(C)c2ccnc(Cl)n2)cc1.CC(=O)Nc1ccc(N(C)c2ccnc(Nc3ccccc3S(N)(=O)=O)n2)cc1. The van der Waals surface area contributed by atoms with Gasteiger partial charge in [-0.2, -0.15) is 4.98 Å². The summed E-state index contributed by atoms with van der Waals surface area (Å²) in [7, 11) is -0.182. The number of primary sulfonamides is 1. The number of halogens is 1. The number of nitrogens with two attached hydrogens (primary N) is 1. The maximum Gasteiger partial charge on any atom is 0.240 e. The molecule has 14 nitrogen and oxygen atoms in total. The number of nitrogens with zero attached hydrogens (tertiary/aromatic N) is 6. The summed E-state index contributed by atoms with van der Waals surface area (Å²) in [5, 5.41) is 13.8. The highest BCUT2D eigenvalue weighted by Crippen LogP contribution is 2.27. The van der Waals surface area contributed by atoms with Crippen molar-refractivity contribution in [3.63, 3.8) is 0 Å². The van der Waals surface area contributed by atoms with E-state index in [4.69, 9.17) is 16.7 Å². The molecule has 5 rings (SSSR count). The van der Waals surface area contributed by atoms with Gasteiger partial charge in [-0.15, -0.1) is 0 Å². The van der Waals surface area contributed by atoms with Crippen molar-refractivity contribution >= 4 is 79.5 Å². The molecular formula is C32H33ClN10O4S. The lowest BCUT2D eigenvalue weighted by atomic mass is 10.2. The normalized spacial score (nSPS) is 10.6. The molecule has 5 aromatic rings. The molecule has 0 bridgehead atoms. The van der Waals surface area contributed by atoms with E-state index in [9.17, 15) is 18.0 Å². The summed E-state index contributed by atoms with van der Waals surface area (Å²) in [6.45, 7) is 2.92. The van der Waals surface area contributed by atoms with Crippen molar-refractivity contribution in [2.75, 3.05) is 39.8 Å². The number of hydrogen-bond acceptors (Lipinski definition) is 11. The fourth-order valence-corrected chi connectivity index (χ4v) is 5.09. The van der Waals surface area contributed by atoms with E-state index in [0.717, 1.165) is 17.1 Å². The molecule has 0 fully saturated rings. The van der Waals surface area contributed by atoms with Crippen molar-refractivity contribution in [1.82, 2.24) is 19.9 Å². The van der Waals surface area contributed by atoms with Crippen LogP contribution < -0.4 is 30.9 Å². The van der Waals surface area contributed by atoms with Gasteiger partial charge in [0.05, 0.1) is 5.69 Å². The minimum absolute atomic E-state index is 0.0454. The van der Waals surface area contributed by atoms with E-state index in [1.807, 2.05) is 60.3 Å². The Morgan fingerprint density at radius 3 is 1.67 bits per heavy atom. The number of nitrogens with one attached hydrogen (secondary N) is 3. The lowest BCUT2D eigenvalue weighted by molar-refractivity contribution is -0.115. The van der Waals surface area contributed by atoms with Gasteiger partial charge in [-0.25, -0.2) is 28.5 Å². The Morgan fingerprint density at radius 2 is 1.19 bits per heavy atom. The van der Waals surface area contributed by atoms with Gasteiger partial charge in [0.2, 0.25) is 33.1 Å². The molecule has 0 aliphatic rings. The summed E-state index contributed by atoms with van der Waals surface area (Å²) in [6, 6.07) is 24.5. The van der Waals surface area contributed by atoms with E-state index in [1.165, 1.54) is 19.9 Å². The van der Waals surface area contributed by atoms with Crippen LogP contribution in [0.2, 0.25) is 5.28 Å². The molecule has 2 heterocycles. The van der Waals surface area contributed by atoms with E-state index in [-0.39, 0.29) is 33.6 Å². The first kappa shape index (κ1) is 35.2. The Kier molecular flexibility index (Phi) is 11.6. The summed E-state index contributed by atoms with van der Waals surface area (Å²) in [4.78, 5) is 42.3. The molecule has 3 aromatic carbocycles. The van der Waals surface area contributed by atoms with Gasteiger partial charge in [-0.1, -0.05) is 12.1 Å². The van der Waals surface area contributed by atoms with Crippen molar-refractivity contribution in [3.05, 3.63) is 103 Å². The molecule has 0 spiro atoms. The van der Waals surface area contributed by atoms with Crippen LogP contribution in [0.25, 0.3) is 0 Å². The van der Waals surface area contributed by atoms with E-state index in [2.05, 4.69) is 35.9 Å². The highest BCUT2D eigenvalue weighted by molar-refractivity contribution is 7.89. The predicted molar refractivity (Wildman–Crippen MR) is 188 cm³/mol. The van der Waals surface area contributed by atoms with Gasteiger partial charge in [-0.05, 0) is 84.4 Å². The highest BCUT2D eigenvalue weighted by Gasteiger charge is 2.15. The first-order valence-corrected chi connectivity index (χ1v) is 16.2. The van der Waals surface area contributed by atoms with Gasteiger partial charge in [0, 0.05) is 63.1 Å². The zero-order valence-corrected chi connectivity index (χ0v) is 28.0. The van der Waals surface area contributed by atoms with Crippen LogP contribution in [-0.4, -0.2) is 54.3 Å². The molecule has 0 atom stereocenters. The quantitative estimate of drug-likeness (QED) is 0.144. The van der Waals surface area contributed by atoms with E-state index in [1.54, 1.807) is 54.9 Å². The minimum atomic E-state index is -3.89. The number of carbonyl (C=O) groups is 2. The number of hydrogen-bond donors (Lipinski definition) is 4. The molecule has 0 saturated heterocycles. The van der Waals surface area contributed by atoms with Crippen LogP contribution in [0.1, 0.15) is 13.8 Å². The minimum Gasteiger partial charge on any atom is -0.329 e. The number of para-hydroxylation sites is 1. The molecule has 0 unspecified atom stereocenters. The molecule has 0 saturated carbocycles. The monoisotopic (exact) mass is 688 g/mol. The fraction of sp³-hybridized carbons (Fsp3) is 0.125. The molecule has 16 heteroatoms. The Bertz CT molecular complexity index is 2000. The summed E-state index contributed by atoms with van der Waals surface area (Å²) >= 11 is 5.76. The molecule has 2 aromatic heterocycles. The van der Waals surface area contributed by atoms with Crippen LogP contribution >= 0.6 is 11.6 Å². The lowest BCUT2D eigenvalue weighted by Crippen LogP contribution is -2.15. The van der Waals surface area contributed by atoms with Gasteiger partial charge < -0.3 is 25.8 Å². The van der Waals surface area contributed by atoms with Crippen molar-refractivity contribution in [2.45, 2.75) is 18.7 Å². The maximum atomic E-state index is 11.8. The number of amides is 2. The lowest BCUT2D eigenvalue weighted by Gasteiger charge is -2.19. The third-order valence-corrected chi connectivity index (χ3v) is 7.68. The number of sulfonamides is 1. The van der Waals surface area contributed by atoms with Crippen LogP contribution in [0.3, 0.4) is 0 Å². The summed E-state index contributed by atoms with van der Waals surface area (Å²) in [6.07, 6.45) is 3.17. The average Bonchev–Trinajstić information content (AvgIpc) is 3.04. The first-order chi connectivity index (χ1) is 22.8. The first-order valence-electron chi connectivity index (χ1n) is 14.2. The largest absolute Gasteiger partial charge is 0.329 e. The number of anilines is 8. The zero-order valence-electron chi connectivity index (χ0n) is 26.4. The molecule has 48 heavy (non-hydrogen) atoms. The number of aromatic nitrogens is 4. The van der Waals surface area contributed by atoms with E-state index >= 15 is 0 Å². The summed E-state index contributed by atoms with van der Waals surface area (Å²) < 4.78 is 23.5. The summed E-state index contributed by atoms with van der Waals surface area (Å²) in [5.74, 6) is 1.27. The van der Waals surface area contributed by atoms with Gasteiger partial charge in [0.15, 0.2) is 0 Å². The Morgan fingerprint density at radius 1 is 0.708 bits per heavy atom. The third kappa shape index (κ3) is 9.93.